The maximum absolute atomic E-state index is 12.1. The topological polar surface area (TPSA) is 79.3 Å². The summed E-state index contributed by atoms with van der Waals surface area (Å²) in [6, 6.07) is 5.29. The number of allylic oxidation sites excluding steroid dienone is 1. The van der Waals surface area contributed by atoms with E-state index in [1.54, 1.807) is 24.4 Å². The lowest BCUT2D eigenvalue weighted by Gasteiger charge is -2.17. The molecule has 0 spiro atoms. The summed E-state index contributed by atoms with van der Waals surface area (Å²) in [5, 5.41) is 7.01. The van der Waals surface area contributed by atoms with Crippen LogP contribution in [0.25, 0.3) is 0 Å². The Morgan fingerprint density at radius 2 is 2.38 bits per heavy atom. The Balaban J connectivity index is 1.61. The van der Waals surface area contributed by atoms with Crippen molar-refractivity contribution in [1.29, 1.82) is 0 Å². The molecule has 124 valence electrons. The van der Waals surface area contributed by atoms with Crippen LogP contribution in [0.3, 0.4) is 0 Å². The molecule has 0 aromatic carbocycles. The highest BCUT2D eigenvalue weighted by molar-refractivity contribution is 7.15. The molecule has 0 saturated carbocycles. The number of anilines is 1. The normalized spacial score (nSPS) is 15.8. The van der Waals surface area contributed by atoms with Gasteiger partial charge in [0.05, 0.1) is 6.42 Å². The minimum absolute atomic E-state index is 0.106. The number of carbonyl (C=O) groups is 1. The number of aryl methyl sites for hydroxylation is 1. The van der Waals surface area contributed by atoms with Crippen molar-refractivity contribution >= 4 is 45.6 Å². The molecule has 24 heavy (non-hydrogen) atoms. The summed E-state index contributed by atoms with van der Waals surface area (Å²) in [5.41, 5.74) is 0.827. The van der Waals surface area contributed by atoms with Crippen LogP contribution >= 0.6 is 22.9 Å². The number of aliphatic imine (C=N–C) groups is 1. The van der Waals surface area contributed by atoms with E-state index in [1.807, 2.05) is 13.0 Å². The van der Waals surface area contributed by atoms with Crippen LogP contribution in [-0.2, 0) is 4.79 Å². The van der Waals surface area contributed by atoms with E-state index in [2.05, 4.69) is 25.6 Å². The number of thiazole rings is 1. The third-order valence-corrected chi connectivity index (χ3v) is 4.28. The number of rotatable bonds is 4. The molecular weight excluding hydrogens is 346 g/mol. The number of nitrogens with zero attached hydrogens (tertiary/aromatic N) is 3. The molecule has 3 rings (SSSR count). The Morgan fingerprint density at radius 1 is 1.50 bits per heavy atom. The van der Waals surface area contributed by atoms with Crippen LogP contribution in [0, 0.1) is 6.92 Å². The molecule has 2 N–H and O–H groups in total. The van der Waals surface area contributed by atoms with Gasteiger partial charge in [-0.05, 0) is 25.5 Å². The van der Waals surface area contributed by atoms with Crippen molar-refractivity contribution in [2.75, 3.05) is 5.32 Å². The van der Waals surface area contributed by atoms with E-state index in [-0.39, 0.29) is 12.3 Å². The fourth-order valence-electron chi connectivity index (χ4n) is 2.23. The van der Waals surface area contributed by atoms with Crippen molar-refractivity contribution in [2.45, 2.75) is 26.2 Å². The zero-order valence-corrected chi connectivity index (χ0v) is 14.6. The largest absolute Gasteiger partial charge is 0.347 e. The summed E-state index contributed by atoms with van der Waals surface area (Å²) in [6.07, 6.45) is 5.59. The average Bonchev–Trinajstić information content (AvgIpc) is 2.92. The third kappa shape index (κ3) is 4.62. The van der Waals surface area contributed by atoms with Gasteiger partial charge >= 0.3 is 0 Å². The van der Waals surface area contributed by atoms with Crippen LogP contribution in [0.15, 0.2) is 41.2 Å². The minimum Gasteiger partial charge on any atom is -0.347 e. The molecule has 0 bridgehead atoms. The van der Waals surface area contributed by atoms with Crippen molar-refractivity contribution in [3.05, 3.63) is 46.2 Å². The molecule has 1 amide bonds. The first-order valence-electron chi connectivity index (χ1n) is 7.47. The van der Waals surface area contributed by atoms with Gasteiger partial charge in [-0.2, -0.15) is 0 Å². The number of pyridine rings is 1. The van der Waals surface area contributed by atoms with E-state index in [0.717, 1.165) is 29.3 Å². The van der Waals surface area contributed by atoms with Gasteiger partial charge in [0.25, 0.3) is 0 Å². The van der Waals surface area contributed by atoms with E-state index in [9.17, 15) is 4.79 Å². The Hall–Kier alpha value is -2.25. The van der Waals surface area contributed by atoms with Gasteiger partial charge in [0.1, 0.15) is 11.0 Å². The Kier molecular flexibility index (Phi) is 5.22. The second-order valence-electron chi connectivity index (χ2n) is 5.27. The lowest BCUT2D eigenvalue weighted by atomic mass is 10.1. The van der Waals surface area contributed by atoms with E-state index in [1.165, 1.54) is 11.3 Å². The Bertz CT molecular complexity index is 814. The van der Waals surface area contributed by atoms with Gasteiger partial charge in [-0.25, -0.2) is 15.0 Å². The quantitative estimate of drug-likeness (QED) is 0.811. The van der Waals surface area contributed by atoms with Crippen LogP contribution in [0.2, 0.25) is 5.15 Å². The maximum atomic E-state index is 12.1. The number of carbonyl (C=O) groups excluding carboxylic acids is 1. The fourth-order valence-corrected chi connectivity index (χ4v) is 3.07. The maximum Gasteiger partial charge on any atom is 0.232 e. The SMILES string of the molecule is Cc1cnc(NC(=O)CC2=CCCC(=Nc3cccc(Cl)n3)N2)s1. The highest BCUT2D eigenvalue weighted by atomic mass is 35.5. The molecule has 2 aromatic heterocycles. The van der Waals surface area contributed by atoms with Gasteiger partial charge in [0.2, 0.25) is 5.91 Å². The van der Waals surface area contributed by atoms with Gasteiger partial charge in [0.15, 0.2) is 10.9 Å². The standard InChI is InChI=1S/C16H16ClN5OS/c1-10-9-18-16(24-10)22-15(23)8-11-4-2-6-13(19-11)21-14-7-3-5-12(17)20-14/h3-5,7,9H,2,6,8H2,1H3,(H,18,22,23)(H,19,20,21). The molecule has 2 aromatic rings. The van der Waals surface area contributed by atoms with Crippen LogP contribution in [0.1, 0.15) is 24.1 Å². The lowest BCUT2D eigenvalue weighted by molar-refractivity contribution is -0.115. The van der Waals surface area contributed by atoms with Gasteiger partial charge < -0.3 is 10.6 Å². The molecule has 0 saturated heterocycles. The molecule has 0 aliphatic carbocycles. The molecule has 1 aliphatic heterocycles. The lowest BCUT2D eigenvalue weighted by Crippen LogP contribution is -2.28. The molecule has 3 heterocycles. The van der Waals surface area contributed by atoms with E-state index in [0.29, 0.717) is 16.1 Å². The highest BCUT2D eigenvalue weighted by Crippen LogP contribution is 2.19. The van der Waals surface area contributed by atoms with E-state index < -0.39 is 0 Å². The van der Waals surface area contributed by atoms with Gasteiger partial charge in [-0.15, -0.1) is 11.3 Å². The van der Waals surface area contributed by atoms with Crippen LogP contribution in [-0.4, -0.2) is 21.7 Å². The van der Waals surface area contributed by atoms with Gasteiger partial charge in [-0.3, -0.25) is 4.79 Å². The summed E-state index contributed by atoms with van der Waals surface area (Å²) in [7, 11) is 0. The zero-order valence-electron chi connectivity index (χ0n) is 13.0. The number of hydrogen-bond donors (Lipinski definition) is 2. The van der Waals surface area contributed by atoms with Crippen molar-refractivity contribution in [2.24, 2.45) is 4.99 Å². The molecule has 0 radical (unpaired) electrons. The second kappa shape index (κ2) is 7.55. The molecule has 0 atom stereocenters. The van der Waals surface area contributed by atoms with E-state index in [4.69, 9.17) is 11.6 Å². The van der Waals surface area contributed by atoms with Crippen LogP contribution in [0.4, 0.5) is 10.9 Å². The Labute approximate surface area is 148 Å². The second-order valence-corrected chi connectivity index (χ2v) is 6.89. The summed E-state index contributed by atoms with van der Waals surface area (Å²) in [4.78, 5) is 25.9. The van der Waals surface area contributed by atoms with Gasteiger partial charge in [-0.1, -0.05) is 23.7 Å². The molecule has 6 nitrogen and oxygen atoms in total. The predicted octanol–water partition coefficient (Wildman–Crippen LogP) is 3.83. The predicted molar refractivity (Wildman–Crippen MR) is 96.9 cm³/mol. The number of nitrogens with one attached hydrogen (secondary N) is 2. The molecule has 8 heteroatoms. The number of hydrogen-bond acceptors (Lipinski definition) is 5. The number of aromatic nitrogens is 2. The van der Waals surface area contributed by atoms with Crippen molar-refractivity contribution in [3.8, 4) is 0 Å². The van der Waals surface area contributed by atoms with Crippen molar-refractivity contribution < 1.29 is 4.79 Å². The molecule has 0 unspecified atom stereocenters. The first kappa shape index (κ1) is 16.6. The first-order chi connectivity index (χ1) is 11.6. The van der Waals surface area contributed by atoms with Gasteiger partial charge in [0, 0.05) is 23.2 Å². The smallest absolute Gasteiger partial charge is 0.232 e. The summed E-state index contributed by atoms with van der Waals surface area (Å²) >= 11 is 7.32. The van der Waals surface area contributed by atoms with Crippen LogP contribution < -0.4 is 10.6 Å². The first-order valence-corrected chi connectivity index (χ1v) is 8.66. The third-order valence-electron chi connectivity index (χ3n) is 3.25. The summed E-state index contributed by atoms with van der Waals surface area (Å²) in [6.45, 7) is 1.95. The van der Waals surface area contributed by atoms with Crippen molar-refractivity contribution in [1.82, 2.24) is 15.3 Å². The minimum atomic E-state index is -0.106. The van der Waals surface area contributed by atoms with Crippen LogP contribution in [0.5, 0.6) is 0 Å². The Morgan fingerprint density at radius 3 is 3.12 bits per heavy atom. The number of amidine groups is 1. The zero-order chi connectivity index (χ0) is 16.9. The molecular formula is C16H16ClN5OS. The fraction of sp³-hybridized carbons (Fsp3) is 0.250. The molecule has 0 fully saturated rings. The average molecular weight is 362 g/mol. The number of amides is 1. The van der Waals surface area contributed by atoms with Crippen molar-refractivity contribution in [3.63, 3.8) is 0 Å². The number of halogens is 1. The summed E-state index contributed by atoms with van der Waals surface area (Å²) < 4.78 is 0. The monoisotopic (exact) mass is 361 g/mol. The van der Waals surface area contributed by atoms with E-state index >= 15 is 0 Å². The highest BCUT2D eigenvalue weighted by Gasteiger charge is 2.14. The summed E-state index contributed by atoms with van der Waals surface area (Å²) in [5.74, 6) is 1.22. The molecule has 1 aliphatic rings.